The minimum Gasteiger partial charge on any atom is -0.304 e. The van der Waals surface area contributed by atoms with E-state index in [2.05, 4.69) is 0 Å². The summed E-state index contributed by atoms with van der Waals surface area (Å²) in [6, 6.07) is 5.29. The summed E-state index contributed by atoms with van der Waals surface area (Å²) in [4.78, 5) is 25.3. The third-order valence-corrected chi connectivity index (χ3v) is 5.95. The molecule has 0 unspecified atom stereocenters. The van der Waals surface area contributed by atoms with E-state index >= 15 is 0 Å². The van der Waals surface area contributed by atoms with Gasteiger partial charge in [0.2, 0.25) is 0 Å². The highest BCUT2D eigenvalue weighted by atomic mass is 32.2. The van der Waals surface area contributed by atoms with Crippen LogP contribution in [0.2, 0.25) is 0 Å². The SMILES string of the molecule is CCc1ccc2c(c1)C(=O)C(=O)N2CCS(=O)(=O)C(C)C. The number of rotatable bonds is 5. The molecule has 0 fully saturated rings. The molecule has 1 aromatic rings. The Balaban J connectivity index is 2.28. The first kappa shape index (κ1) is 15.7. The highest BCUT2D eigenvalue weighted by Crippen LogP contribution is 2.30. The minimum absolute atomic E-state index is 0.0174. The molecule has 0 aliphatic carbocycles. The van der Waals surface area contributed by atoms with Crippen LogP contribution in [-0.4, -0.2) is 37.7 Å². The zero-order valence-electron chi connectivity index (χ0n) is 12.4. The number of sulfone groups is 1. The molecule has 0 radical (unpaired) electrons. The fourth-order valence-corrected chi connectivity index (χ4v) is 3.15. The van der Waals surface area contributed by atoms with Crippen molar-refractivity contribution in [1.82, 2.24) is 0 Å². The Bertz CT molecular complexity index is 692. The van der Waals surface area contributed by atoms with Crippen molar-refractivity contribution in [3.63, 3.8) is 0 Å². The molecule has 1 aliphatic heterocycles. The highest BCUT2D eigenvalue weighted by Gasteiger charge is 2.36. The molecule has 0 saturated carbocycles. The number of Topliss-reactive ketones (excluding diaryl/α,β-unsaturated/α-hetero) is 1. The molecule has 1 aliphatic rings. The Hall–Kier alpha value is -1.69. The third kappa shape index (κ3) is 2.85. The molecule has 0 saturated heterocycles. The molecule has 1 heterocycles. The topological polar surface area (TPSA) is 71.5 Å². The smallest absolute Gasteiger partial charge is 0.299 e. The van der Waals surface area contributed by atoms with Gasteiger partial charge in [0.25, 0.3) is 11.7 Å². The van der Waals surface area contributed by atoms with Crippen LogP contribution in [0.5, 0.6) is 0 Å². The first-order valence-corrected chi connectivity index (χ1v) is 8.70. The van der Waals surface area contributed by atoms with Crippen LogP contribution in [0.3, 0.4) is 0 Å². The lowest BCUT2D eigenvalue weighted by Gasteiger charge is -2.17. The maximum atomic E-state index is 12.0. The summed E-state index contributed by atoms with van der Waals surface area (Å²) in [5, 5.41) is -0.493. The van der Waals surface area contributed by atoms with Crippen LogP contribution in [0.25, 0.3) is 0 Å². The third-order valence-electron chi connectivity index (χ3n) is 3.76. The van der Waals surface area contributed by atoms with Crippen LogP contribution in [0.15, 0.2) is 18.2 Å². The molecule has 1 aromatic carbocycles. The molecule has 0 atom stereocenters. The van der Waals surface area contributed by atoms with Gasteiger partial charge < -0.3 is 4.90 Å². The van der Waals surface area contributed by atoms with E-state index in [0.717, 1.165) is 12.0 Å². The predicted molar refractivity (Wildman–Crippen MR) is 81.4 cm³/mol. The van der Waals surface area contributed by atoms with Crippen molar-refractivity contribution in [2.75, 3.05) is 17.2 Å². The standard InChI is InChI=1S/C15H19NO4S/c1-4-11-5-6-13-12(9-11)14(17)15(18)16(13)7-8-21(19,20)10(2)3/h5-6,9-10H,4,7-8H2,1-3H3. The lowest BCUT2D eigenvalue weighted by molar-refractivity contribution is -0.114. The first-order chi connectivity index (χ1) is 9.77. The molecule has 114 valence electrons. The van der Waals surface area contributed by atoms with E-state index < -0.39 is 26.8 Å². The Morgan fingerprint density at radius 2 is 1.86 bits per heavy atom. The van der Waals surface area contributed by atoms with Gasteiger partial charge >= 0.3 is 0 Å². The van der Waals surface area contributed by atoms with Gasteiger partial charge in [0.1, 0.15) is 0 Å². The largest absolute Gasteiger partial charge is 0.304 e. The Labute approximate surface area is 124 Å². The van der Waals surface area contributed by atoms with Gasteiger partial charge in [0, 0.05) is 6.54 Å². The minimum atomic E-state index is -3.25. The normalized spacial score (nSPS) is 15.0. The first-order valence-electron chi connectivity index (χ1n) is 6.98. The molecule has 6 heteroatoms. The Morgan fingerprint density at radius 1 is 1.19 bits per heavy atom. The van der Waals surface area contributed by atoms with Crippen LogP contribution in [-0.2, 0) is 21.1 Å². The molecule has 2 rings (SSSR count). The summed E-state index contributed by atoms with van der Waals surface area (Å²) < 4.78 is 23.7. The van der Waals surface area contributed by atoms with E-state index in [-0.39, 0.29) is 12.3 Å². The lowest BCUT2D eigenvalue weighted by Crippen LogP contribution is -2.35. The molecule has 21 heavy (non-hydrogen) atoms. The van der Waals surface area contributed by atoms with Crippen molar-refractivity contribution in [3.05, 3.63) is 29.3 Å². The Morgan fingerprint density at radius 3 is 2.43 bits per heavy atom. The molecule has 1 amide bonds. The number of carbonyl (C=O) groups excluding carboxylic acids is 2. The molecule has 0 aromatic heterocycles. The van der Waals surface area contributed by atoms with E-state index in [1.165, 1.54) is 4.90 Å². The van der Waals surface area contributed by atoms with E-state index in [1.54, 1.807) is 26.0 Å². The van der Waals surface area contributed by atoms with Crippen molar-refractivity contribution in [2.45, 2.75) is 32.4 Å². The number of anilines is 1. The molecule has 0 bridgehead atoms. The summed E-state index contributed by atoms with van der Waals surface area (Å²) in [6.07, 6.45) is 0.774. The predicted octanol–water partition coefficient (Wildman–Crippen LogP) is 1.60. The molecule has 0 spiro atoms. The monoisotopic (exact) mass is 309 g/mol. The number of nitrogens with zero attached hydrogens (tertiary/aromatic N) is 1. The molecular weight excluding hydrogens is 290 g/mol. The van der Waals surface area contributed by atoms with Gasteiger partial charge in [0.05, 0.1) is 22.3 Å². The number of benzene rings is 1. The second-order valence-electron chi connectivity index (χ2n) is 5.41. The van der Waals surface area contributed by atoms with Gasteiger partial charge in [0.15, 0.2) is 9.84 Å². The van der Waals surface area contributed by atoms with E-state index in [4.69, 9.17) is 0 Å². The highest BCUT2D eigenvalue weighted by molar-refractivity contribution is 7.92. The fourth-order valence-electron chi connectivity index (χ4n) is 2.24. The van der Waals surface area contributed by atoms with Crippen molar-refractivity contribution in [3.8, 4) is 0 Å². The van der Waals surface area contributed by atoms with Gasteiger partial charge in [-0.25, -0.2) is 8.42 Å². The van der Waals surface area contributed by atoms with Crippen LogP contribution >= 0.6 is 0 Å². The van der Waals surface area contributed by atoms with Crippen molar-refractivity contribution in [2.24, 2.45) is 0 Å². The van der Waals surface area contributed by atoms with Crippen molar-refractivity contribution in [1.29, 1.82) is 0 Å². The average molecular weight is 309 g/mol. The quantitative estimate of drug-likeness (QED) is 0.775. The van der Waals surface area contributed by atoms with Crippen LogP contribution < -0.4 is 4.90 Å². The summed E-state index contributed by atoms with van der Waals surface area (Å²) in [6.45, 7) is 5.20. The summed E-state index contributed by atoms with van der Waals surface area (Å²) >= 11 is 0. The van der Waals surface area contributed by atoms with Crippen LogP contribution in [0.1, 0.15) is 36.7 Å². The maximum Gasteiger partial charge on any atom is 0.299 e. The van der Waals surface area contributed by atoms with E-state index in [9.17, 15) is 18.0 Å². The van der Waals surface area contributed by atoms with Gasteiger partial charge in [-0.15, -0.1) is 0 Å². The number of hydrogen-bond donors (Lipinski definition) is 0. The van der Waals surface area contributed by atoms with Gasteiger partial charge in [-0.3, -0.25) is 9.59 Å². The van der Waals surface area contributed by atoms with Crippen molar-refractivity contribution >= 4 is 27.2 Å². The van der Waals surface area contributed by atoms with Gasteiger partial charge in [-0.05, 0) is 38.0 Å². The summed E-state index contributed by atoms with van der Waals surface area (Å²) in [5.74, 6) is -1.34. The summed E-state index contributed by atoms with van der Waals surface area (Å²) in [5.41, 5.74) is 1.87. The summed E-state index contributed by atoms with van der Waals surface area (Å²) in [7, 11) is -3.25. The van der Waals surface area contributed by atoms with Gasteiger partial charge in [-0.1, -0.05) is 13.0 Å². The Kier molecular flexibility index (Phi) is 4.18. The number of amides is 1. The van der Waals surface area contributed by atoms with E-state index in [1.807, 2.05) is 13.0 Å². The number of hydrogen-bond acceptors (Lipinski definition) is 4. The zero-order chi connectivity index (χ0) is 15.8. The molecule has 5 nitrogen and oxygen atoms in total. The fraction of sp³-hybridized carbons (Fsp3) is 0.467. The van der Waals surface area contributed by atoms with Crippen LogP contribution in [0, 0.1) is 0 Å². The number of carbonyl (C=O) groups is 2. The number of ketones is 1. The van der Waals surface area contributed by atoms with Gasteiger partial charge in [-0.2, -0.15) is 0 Å². The number of fused-ring (bicyclic) bond motifs is 1. The number of aryl methyl sites for hydroxylation is 1. The van der Waals surface area contributed by atoms with E-state index in [0.29, 0.717) is 11.3 Å². The second-order valence-corrected chi connectivity index (χ2v) is 8.08. The van der Waals surface area contributed by atoms with Crippen LogP contribution in [0.4, 0.5) is 5.69 Å². The zero-order valence-corrected chi connectivity index (χ0v) is 13.2. The lowest BCUT2D eigenvalue weighted by atomic mass is 10.1. The van der Waals surface area contributed by atoms with Crippen molar-refractivity contribution < 1.29 is 18.0 Å². The maximum absolute atomic E-state index is 12.0. The average Bonchev–Trinajstić information content (AvgIpc) is 2.68. The molecular formula is C15H19NO4S. The molecule has 0 N–H and O–H groups in total. The second kappa shape index (κ2) is 5.60.